The molecule has 1 N–H and O–H groups in total. The number of anilines is 1. The molecule has 0 aliphatic carbocycles. The summed E-state index contributed by atoms with van der Waals surface area (Å²) in [7, 11) is -3.78. The number of aryl methyl sites for hydroxylation is 2. The summed E-state index contributed by atoms with van der Waals surface area (Å²) in [6.45, 7) is 2.48. The maximum Gasteiger partial charge on any atom is 0.254 e. The van der Waals surface area contributed by atoms with E-state index in [1.807, 2.05) is 22.8 Å². The van der Waals surface area contributed by atoms with Gasteiger partial charge in [-0.2, -0.15) is 4.31 Å². The maximum absolute atomic E-state index is 13.3. The molecule has 0 saturated heterocycles. The second-order valence-electron chi connectivity index (χ2n) is 8.23. The van der Waals surface area contributed by atoms with Crippen molar-refractivity contribution in [2.45, 2.75) is 37.2 Å². The Morgan fingerprint density at radius 3 is 2.71 bits per heavy atom. The molecule has 1 aliphatic rings. The van der Waals surface area contributed by atoms with Crippen molar-refractivity contribution in [2.75, 3.05) is 5.32 Å². The van der Waals surface area contributed by atoms with Crippen LogP contribution in [0.4, 0.5) is 9.52 Å². The van der Waals surface area contributed by atoms with E-state index in [-0.39, 0.29) is 34.2 Å². The SMILES string of the molecule is CC(=O)Nc1ncc(S(=O)(=O)N2Cc3cccc(-c4cncn4CCc4ccc(F)cc4)c3C2)s1. The predicted molar refractivity (Wildman–Crippen MR) is 131 cm³/mol. The summed E-state index contributed by atoms with van der Waals surface area (Å²) in [4.78, 5) is 19.6. The summed E-state index contributed by atoms with van der Waals surface area (Å²) in [6, 6.07) is 12.3. The van der Waals surface area contributed by atoms with Gasteiger partial charge in [-0.3, -0.25) is 4.79 Å². The minimum Gasteiger partial charge on any atom is -0.330 e. The van der Waals surface area contributed by atoms with Crippen LogP contribution in [0.2, 0.25) is 0 Å². The van der Waals surface area contributed by atoms with Crippen molar-refractivity contribution in [2.24, 2.45) is 0 Å². The highest BCUT2D eigenvalue weighted by molar-refractivity contribution is 7.91. The number of hydrogen-bond acceptors (Lipinski definition) is 6. The van der Waals surface area contributed by atoms with Crippen molar-refractivity contribution in [1.82, 2.24) is 18.8 Å². The number of amides is 1. The summed E-state index contributed by atoms with van der Waals surface area (Å²) < 4.78 is 43.3. The molecule has 1 aliphatic heterocycles. The predicted octanol–water partition coefficient (Wildman–Crippen LogP) is 4.05. The number of aromatic nitrogens is 3. The average molecular weight is 512 g/mol. The number of halogens is 1. The van der Waals surface area contributed by atoms with E-state index in [1.165, 1.54) is 29.6 Å². The van der Waals surface area contributed by atoms with Gasteiger partial charge in [0.15, 0.2) is 9.34 Å². The number of benzene rings is 2. The molecule has 0 unspecified atom stereocenters. The summed E-state index contributed by atoms with van der Waals surface area (Å²) in [5.41, 5.74) is 4.72. The Morgan fingerprint density at radius 2 is 1.94 bits per heavy atom. The summed E-state index contributed by atoms with van der Waals surface area (Å²) in [5, 5.41) is 2.77. The summed E-state index contributed by atoms with van der Waals surface area (Å²) in [6.07, 6.45) is 5.52. The average Bonchev–Trinajstić information content (AvgIpc) is 3.57. The minimum absolute atomic E-state index is 0.0833. The second-order valence-corrected chi connectivity index (χ2v) is 11.4. The van der Waals surface area contributed by atoms with Crippen molar-refractivity contribution in [3.63, 3.8) is 0 Å². The lowest BCUT2D eigenvalue weighted by molar-refractivity contribution is -0.114. The lowest BCUT2D eigenvalue weighted by Crippen LogP contribution is -2.25. The van der Waals surface area contributed by atoms with E-state index in [1.54, 1.807) is 24.7 Å². The van der Waals surface area contributed by atoms with Crippen molar-refractivity contribution >= 4 is 32.4 Å². The molecule has 8 nitrogen and oxygen atoms in total. The number of fused-ring (bicyclic) bond motifs is 1. The second kappa shape index (κ2) is 9.33. The molecule has 0 spiro atoms. The molecule has 2 aromatic heterocycles. The third-order valence-corrected chi connectivity index (χ3v) is 9.00. The zero-order chi connectivity index (χ0) is 24.6. The first-order chi connectivity index (χ1) is 16.8. The minimum atomic E-state index is -3.78. The number of carbonyl (C=O) groups is 1. The third kappa shape index (κ3) is 4.75. The van der Waals surface area contributed by atoms with Gasteiger partial charge < -0.3 is 9.88 Å². The van der Waals surface area contributed by atoms with E-state index in [2.05, 4.69) is 15.3 Å². The topological polar surface area (TPSA) is 97.2 Å². The van der Waals surface area contributed by atoms with Crippen molar-refractivity contribution in [3.8, 4) is 11.3 Å². The standard InChI is InChI=1S/C24H22FN5O3S2/c1-16(31)28-24-27-12-23(34-24)35(32,33)30-13-18-3-2-4-20(21(18)14-30)22-11-26-15-29(22)10-9-17-5-7-19(25)8-6-17/h2-8,11-12,15H,9-10,13-14H2,1H3,(H,27,28,31). The highest BCUT2D eigenvalue weighted by atomic mass is 32.2. The van der Waals surface area contributed by atoms with Gasteiger partial charge in [-0.1, -0.05) is 41.7 Å². The number of hydrogen-bond donors (Lipinski definition) is 1. The number of thiazole rings is 1. The van der Waals surface area contributed by atoms with Gasteiger partial charge in [0.05, 0.1) is 24.4 Å². The Bertz CT molecular complexity index is 1500. The molecule has 0 bridgehead atoms. The molecule has 3 heterocycles. The van der Waals surface area contributed by atoms with Gasteiger partial charge in [0.2, 0.25) is 5.91 Å². The normalized spacial score (nSPS) is 13.7. The van der Waals surface area contributed by atoms with E-state index in [9.17, 15) is 17.6 Å². The molecule has 0 atom stereocenters. The highest BCUT2D eigenvalue weighted by Crippen LogP contribution is 2.37. The number of rotatable bonds is 7. The molecule has 0 radical (unpaired) electrons. The van der Waals surface area contributed by atoms with Gasteiger partial charge in [-0.25, -0.2) is 22.8 Å². The third-order valence-electron chi connectivity index (χ3n) is 5.86. The molecule has 180 valence electrons. The highest BCUT2D eigenvalue weighted by Gasteiger charge is 2.34. The van der Waals surface area contributed by atoms with Gasteiger partial charge in [0.25, 0.3) is 10.0 Å². The van der Waals surface area contributed by atoms with E-state index >= 15 is 0 Å². The van der Waals surface area contributed by atoms with Crippen LogP contribution in [0.5, 0.6) is 0 Å². The molecule has 2 aromatic carbocycles. The van der Waals surface area contributed by atoms with Gasteiger partial charge >= 0.3 is 0 Å². The lowest BCUT2D eigenvalue weighted by Gasteiger charge is -2.14. The van der Waals surface area contributed by atoms with Crippen LogP contribution in [0.1, 0.15) is 23.6 Å². The Kier molecular flexibility index (Phi) is 6.22. The summed E-state index contributed by atoms with van der Waals surface area (Å²) in [5.74, 6) is -0.571. The molecule has 0 saturated carbocycles. The van der Waals surface area contributed by atoms with E-state index in [0.717, 1.165) is 39.3 Å². The van der Waals surface area contributed by atoms with Crippen molar-refractivity contribution < 1.29 is 17.6 Å². The van der Waals surface area contributed by atoms with Crippen LogP contribution in [0.25, 0.3) is 11.3 Å². The Morgan fingerprint density at radius 1 is 1.14 bits per heavy atom. The first kappa shape index (κ1) is 23.3. The Hall–Kier alpha value is -3.41. The van der Waals surface area contributed by atoms with Crippen LogP contribution in [0.3, 0.4) is 0 Å². The van der Waals surface area contributed by atoms with Crippen molar-refractivity contribution in [3.05, 3.63) is 83.7 Å². The number of sulfonamides is 1. The Balaban J connectivity index is 1.38. The largest absolute Gasteiger partial charge is 0.330 e. The van der Waals surface area contributed by atoms with Gasteiger partial charge in [0.1, 0.15) is 5.82 Å². The first-order valence-electron chi connectivity index (χ1n) is 10.9. The van der Waals surface area contributed by atoms with Crippen LogP contribution in [0.15, 0.2) is 65.4 Å². The summed E-state index contributed by atoms with van der Waals surface area (Å²) >= 11 is 0.933. The number of carbonyl (C=O) groups excluding carboxylic acids is 1. The number of nitrogens with zero attached hydrogens (tertiary/aromatic N) is 4. The molecule has 11 heteroatoms. The quantitative estimate of drug-likeness (QED) is 0.404. The van der Waals surface area contributed by atoms with Gasteiger partial charge in [0, 0.05) is 32.1 Å². The smallest absolute Gasteiger partial charge is 0.254 e. The molecular weight excluding hydrogens is 489 g/mol. The van der Waals surface area contributed by atoms with Crippen LogP contribution >= 0.6 is 11.3 Å². The van der Waals surface area contributed by atoms with Crippen LogP contribution < -0.4 is 5.32 Å². The molecule has 1 amide bonds. The molecule has 4 aromatic rings. The number of imidazole rings is 1. The number of nitrogens with one attached hydrogen (secondary N) is 1. The van der Waals surface area contributed by atoms with E-state index < -0.39 is 10.0 Å². The fourth-order valence-electron chi connectivity index (χ4n) is 4.14. The van der Waals surface area contributed by atoms with Crippen LogP contribution in [0, 0.1) is 5.82 Å². The lowest BCUT2D eigenvalue weighted by atomic mass is 10.0. The van der Waals surface area contributed by atoms with Gasteiger partial charge in [-0.05, 0) is 35.2 Å². The fraction of sp³-hybridized carbons (Fsp3) is 0.208. The van der Waals surface area contributed by atoms with E-state index in [0.29, 0.717) is 13.0 Å². The molecule has 35 heavy (non-hydrogen) atoms. The van der Waals surface area contributed by atoms with E-state index in [4.69, 9.17) is 0 Å². The van der Waals surface area contributed by atoms with Crippen molar-refractivity contribution in [1.29, 1.82) is 0 Å². The first-order valence-corrected chi connectivity index (χ1v) is 13.2. The maximum atomic E-state index is 13.3. The monoisotopic (exact) mass is 511 g/mol. The van der Waals surface area contributed by atoms with Crippen LogP contribution in [-0.2, 0) is 40.9 Å². The zero-order valence-corrected chi connectivity index (χ0v) is 20.4. The molecule has 0 fully saturated rings. The zero-order valence-electron chi connectivity index (χ0n) is 18.8. The molecular formula is C24H22FN5O3S2. The fourth-order valence-corrected chi connectivity index (χ4v) is 6.76. The van der Waals surface area contributed by atoms with Gasteiger partial charge in [-0.15, -0.1) is 0 Å². The Labute approximate surface area is 206 Å². The molecule has 5 rings (SSSR count). The van der Waals surface area contributed by atoms with Crippen LogP contribution in [-0.4, -0.2) is 33.2 Å².